The molecule has 1 amide bonds. The number of rotatable bonds is 3. The summed E-state index contributed by atoms with van der Waals surface area (Å²) in [5.41, 5.74) is 1.87. The molecule has 0 bridgehead atoms. The lowest BCUT2D eigenvalue weighted by Gasteiger charge is -2.15. The molecule has 7 heteroatoms. The first-order valence-corrected chi connectivity index (χ1v) is 9.61. The molecule has 0 fully saturated rings. The number of aryl methyl sites for hydroxylation is 1. The molecule has 0 spiro atoms. The molecule has 4 nitrogen and oxygen atoms in total. The Bertz CT molecular complexity index is 927. The number of fused-ring (bicyclic) bond motifs is 1. The van der Waals surface area contributed by atoms with E-state index in [9.17, 15) is 17.6 Å². The van der Waals surface area contributed by atoms with Crippen LogP contribution in [0.3, 0.4) is 0 Å². The van der Waals surface area contributed by atoms with E-state index < -0.39 is 21.6 Å². The number of sulfone groups is 1. The number of hydrogen-bond acceptors (Lipinski definition) is 3. The highest BCUT2D eigenvalue weighted by Crippen LogP contribution is 2.33. The zero-order valence-corrected chi connectivity index (χ0v) is 14.4. The summed E-state index contributed by atoms with van der Waals surface area (Å²) in [6.45, 7) is 0. The third-order valence-corrected chi connectivity index (χ3v) is 5.45. The Morgan fingerprint density at radius 3 is 2.67 bits per heavy atom. The number of carbonyl (C=O) groups excluding carboxylic acids is 1. The maximum atomic E-state index is 14.1. The van der Waals surface area contributed by atoms with Crippen LogP contribution in [0.4, 0.5) is 4.39 Å². The van der Waals surface area contributed by atoms with Crippen LogP contribution in [0, 0.1) is 5.82 Å². The zero-order chi connectivity index (χ0) is 17.5. The maximum Gasteiger partial charge on any atom is 0.254 e. The minimum Gasteiger partial charge on any atom is -0.345 e. The van der Waals surface area contributed by atoms with Gasteiger partial charge in [-0.2, -0.15) is 0 Å². The second-order valence-electron chi connectivity index (χ2n) is 5.82. The summed E-state index contributed by atoms with van der Waals surface area (Å²) in [4.78, 5) is 12.2. The first-order chi connectivity index (χ1) is 11.3. The lowest BCUT2D eigenvalue weighted by atomic mass is 10.1. The van der Waals surface area contributed by atoms with Crippen molar-refractivity contribution in [2.45, 2.75) is 23.8 Å². The van der Waals surface area contributed by atoms with Gasteiger partial charge >= 0.3 is 0 Å². The molecule has 1 aliphatic carbocycles. The standard InChI is InChI=1S/C17H15ClFNO3S/c1-24(22,23)12-4-6-14(15(19)9-12)17(21)20-16-7-2-10-8-11(18)3-5-13(10)16/h3-6,8-9,16H,2,7H2,1H3,(H,20,21). The van der Waals surface area contributed by atoms with E-state index in [2.05, 4.69) is 5.32 Å². The first kappa shape index (κ1) is 16.9. The highest BCUT2D eigenvalue weighted by Gasteiger charge is 2.25. The normalized spacial score (nSPS) is 16.7. The number of benzene rings is 2. The second-order valence-corrected chi connectivity index (χ2v) is 8.27. The van der Waals surface area contributed by atoms with Gasteiger partial charge in [0.05, 0.1) is 16.5 Å². The van der Waals surface area contributed by atoms with Crippen molar-refractivity contribution in [1.82, 2.24) is 5.32 Å². The van der Waals surface area contributed by atoms with Gasteiger partial charge in [-0.15, -0.1) is 0 Å². The average molecular weight is 368 g/mol. The molecule has 1 N–H and O–H groups in total. The summed E-state index contributed by atoms with van der Waals surface area (Å²) in [5, 5.41) is 3.44. The third kappa shape index (κ3) is 3.30. The monoisotopic (exact) mass is 367 g/mol. The van der Waals surface area contributed by atoms with Crippen LogP contribution in [0.15, 0.2) is 41.3 Å². The van der Waals surface area contributed by atoms with Crippen LogP contribution < -0.4 is 5.32 Å². The van der Waals surface area contributed by atoms with Crippen LogP contribution in [0.25, 0.3) is 0 Å². The Morgan fingerprint density at radius 2 is 2.00 bits per heavy atom. The van der Waals surface area contributed by atoms with Crippen molar-refractivity contribution in [2.75, 3.05) is 6.26 Å². The van der Waals surface area contributed by atoms with Crippen LogP contribution in [0.2, 0.25) is 5.02 Å². The van der Waals surface area contributed by atoms with E-state index in [1.165, 1.54) is 12.1 Å². The Morgan fingerprint density at radius 1 is 1.25 bits per heavy atom. The van der Waals surface area contributed by atoms with E-state index in [1.807, 2.05) is 12.1 Å². The number of hydrogen-bond donors (Lipinski definition) is 1. The summed E-state index contributed by atoms with van der Waals surface area (Å²) < 4.78 is 37.0. The maximum absolute atomic E-state index is 14.1. The van der Waals surface area contributed by atoms with Gasteiger partial charge in [-0.3, -0.25) is 4.79 Å². The Balaban J connectivity index is 1.82. The number of halogens is 2. The molecule has 2 aromatic carbocycles. The molecule has 0 saturated heterocycles. The van der Waals surface area contributed by atoms with Crippen molar-refractivity contribution in [3.8, 4) is 0 Å². The zero-order valence-electron chi connectivity index (χ0n) is 12.8. The summed E-state index contributed by atoms with van der Waals surface area (Å²) >= 11 is 5.96. The smallest absolute Gasteiger partial charge is 0.254 e. The summed E-state index contributed by atoms with van der Waals surface area (Å²) in [6, 6.07) is 8.57. The third-order valence-electron chi connectivity index (χ3n) is 4.10. The van der Waals surface area contributed by atoms with E-state index in [1.54, 1.807) is 6.07 Å². The Labute approximate surface area is 144 Å². The van der Waals surface area contributed by atoms with E-state index in [4.69, 9.17) is 11.6 Å². The lowest BCUT2D eigenvalue weighted by Crippen LogP contribution is -2.28. The van der Waals surface area contributed by atoms with Crippen molar-refractivity contribution in [3.05, 3.63) is 63.9 Å². The Kier molecular flexibility index (Phi) is 4.36. The highest BCUT2D eigenvalue weighted by molar-refractivity contribution is 7.90. The number of carbonyl (C=O) groups is 1. The van der Waals surface area contributed by atoms with Crippen molar-refractivity contribution in [2.24, 2.45) is 0 Å². The van der Waals surface area contributed by atoms with Crippen LogP contribution in [0.1, 0.15) is 33.9 Å². The lowest BCUT2D eigenvalue weighted by molar-refractivity contribution is 0.0932. The van der Waals surface area contributed by atoms with Crippen LogP contribution >= 0.6 is 11.6 Å². The first-order valence-electron chi connectivity index (χ1n) is 7.34. The van der Waals surface area contributed by atoms with Crippen molar-refractivity contribution in [3.63, 3.8) is 0 Å². The predicted molar refractivity (Wildman–Crippen MR) is 89.5 cm³/mol. The van der Waals surface area contributed by atoms with Gasteiger partial charge in [0.1, 0.15) is 5.82 Å². The predicted octanol–water partition coefficient (Wildman–Crippen LogP) is 3.30. The molecule has 2 aromatic rings. The molecule has 1 unspecified atom stereocenters. The van der Waals surface area contributed by atoms with Gasteiger partial charge in [0.2, 0.25) is 0 Å². The van der Waals surface area contributed by atoms with Gasteiger partial charge in [0.25, 0.3) is 5.91 Å². The van der Waals surface area contributed by atoms with Crippen molar-refractivity contribution < 1.29 is 17.6 Å². The number of nitrogens with one attached hydrogen (secondary N) is 1. The molecule has 0 aromatic heterocycles. The van der Waals surface area contributed by atoms with Gasteiger partial charge in [0, 0.05) is 11.3 Å². The molecular weight excluding hydrogens is 353 g/mol. The molecule has 0 aliphatic heterocycles. The topological polar surface area (TPSA) is 63.2 Å². The quantitative estimate of drug-likeness (QED) is 0.905. The van der Waals surface area contributed by atoms with Crippen LogP contribution in [-0.2, 0) is 16.3 Å². The molecule has 1 aliphatic rings. The van der Waals surface area contributed by atoms with Gasteiger partial charge < -0.3 is 5.32 Å². The summed E-state index contributed by atoms with van der Waals surface area (Å²) in [7, 11) is -3.52. The number of amides is 1. The molecule has 24 heavy (non-hydrogen) atoms. The minimum absolute atomic E-state index is 0.155. The van der Waals surface area contributed by atoms with E-state index in [0.717, 1.165) is 29.9 Å². The largest absolute Gasteiger partial charge is 0.345 e. The Hall–Kier alpha value is -1.92. The van der Waals surface area contributed by atoms with Gasteiger partial charge in [-0.1, -0.05) is 17.7 Å². The van der Waals surface area contributed by atoms with Crippen LogP contribution in [0.5, 0.6) is 0 Å². The van der Waals surface area contributed by atoms with Crippen molar-refractivity contribution >= 4 is 27.3 Å². The second kappa shape index (κ2) is 6.18. The van der Waals surface area contributed by atoms with E-state index >= 15 is 0 Å². The fourth-order valence-corrected chi connectivity index (χ4v) is 3.71. The summed E-state index contributed by atoms with van der Waals surface area (Å²) in [5.74, 6) is -1.43. The van der Waals surface area contributed by atoms with Gasteiger partial charge in [0.15, 0.2) is 9.84 Å². The molecule has 0 heterocycles. The van der Waals surface area contributed by atoms with Crippen molar-refractivity contribution in [1.29, 1.82) is 0 Å². The average Bonchev–Trinajstić information content (AvgIpc) is 2.88. The molecule has 3 rings (SSSR count). The van der Waals surface area contributed by atoms with E-state index in [0.29, 0.717) is 11.4 Å². The van der Waals surface area contributed by atoms with Gasteiger partial charge in [-0.25, -0.2) is 12.8 Å². The molecule has 0 saturated carbocycles. The molecule has 1 atom stereocenters. The minimum atomic E-state index is -3.52. The molecule has 126 valence electrons. The SMILES string of the molecule is CS(=O)(=O)c1ccc(C(=O)NC2CCc3cc(Cl)ccc32)c(F)c1. The summed E-state index contributed by atoms with van der Waals surface area (Å²) in [6.07, 6.45) is 2.49. The molecule has 0 radical (unpaired) electrons. The fraction of sp³-hybridized carbons (Fsp3) is 0.235. The fourth-order valence-electron chi connectivity index (χ4n) is 2.88. The van der Waals surface area contributed by atoms with Crippen LogP contribution in [-0.4, -0.2) is 20.6 Å². The molecular formula is C17H15ClFNO3S. The van der Waals surface area contributed by atoms with Gasteiger partial charge in [-0.05, 0) is 54.3 Å². The highest BCUT2D eigenvalue weighted by atomic mass is 35.5. The van der Waals surface area contributed by atoms with E-state index in [-0.39, 0.29) is 16.5 Å².